The molecule has 0 aromatic rings. The van der Waals surface area contributed by atoms with Crippen LogP contribution in [-0.4, -0.2) is 24.3 Å². The van der Waals surface area contributed by atoms with Crippen LogP contribution in [0.15, 0.2) is 24.3 Å². The fourth-order valence-corrected chi connectivity index (χ4v) is 1.90. The molecular weight excluding hydrogens is 244 g/mol. The topological polar surface area (TPSA) is 75.3 Å². The van der Waals surface area contributed by atoms with Crippen LogP contribution >= 0.6 is 0 Å². The lowest BCUT2D eigenvalue weighted by Gasteiger charge is -2.05. The number of rotatable bonds is 2. The van der Waals surface area contributed by atoms with Crippen molar-refractivity contribution in [2.75, 3.05) is 6.54 Å². The fraction of sp³-hybridized carbons (Fsp3) is 0.500. The highest BCUT2D eigenvalue weighted by molar-refractivity contribution is 6.16. The summed E-state index contributed by atoms with van der Waals surface area (Å²) in [6.45, 7) is 6.29. The Kier molecular flexibility index (Phi) is 5.99. The molecule has 1 unspecified atom stereocenters. The average molecular weight is 264 g/mol. The van der Waals surface area contributed by atoms with Crippen molar-refractivity contribution in [2.45, 2.75) is 32.6 Å². The van der Waals surface area contributed by atoms with Crippen molar-refractivity contribution in [3.63, 3.8) is 0 Å². The molecule has 19 heavy (non-hydrogen) atoms. The van der Waals surface area contributed by atoms with Crippen LogP contribution in [0.1, 0.15) is 32.6 Å². The Morgan fingerprint density at radius 2 is 2.11 bits per heavy atom. The summed E-state index contributed by atoms with van der Waals surface area (Å²) in [5.74, 6) is -0.339. The van der Waals surface area contributed by atoms with Gasteiger partial charge in [-0.3, -0.25) is 19.7 Å². The van der Waals surface area contributed by atoms with Gasteiger partial charge in [0.2, 0.25) is 5.91 Å². The van der Waals surface area contributed by atoms with E-state index >= 15 is 0 Å². The molecule has 0 aromatic carbocycles. The lowest BCUT2D eigenvalue weighted by molar-refractivity contribution is -0.124. The van der Waals surface area contributed by atoms with Crippen LogP contribution in [0.5, 0.6) is 0 Å². The third-order valence-electron chi connectivity index (χ3n) is 3.08. The second-order valence-electron chi connectivity index (χ2n) is 4.47. The van der Waals surface area contributed by atoms with E-state index in [4.69, 9.17) is 0 Å². The van der Waals surface area contributed by atoms with Crippen molar-refractivity contribution in [2.24, 2.45) is 5.92 Å². The predicted octanol–water partition coefficient (Wildman–Crippen LogP) is 1.07. The molecule has 5 nitrogen and oxygen atoms in total. The van der Waals surface area contributed by atoms with E-state index in [1.165, 1.54) is 6.08 Å². The zero-order chi connectivity index (χ0) is 14.3. The molecule has 1 atom stereocenters. The maximum Gasteiger partial charge on any atom is 0.254 e. The van der Waals surface area contributed by atoms with E-state index in [-0.39, 0.29) is 23.6 Å². The summed E-state index contributed by atoms with van der Waals surface area (Å²) >= 11 is 0. The summed E-state index contributed by atoms with van der Waals surface area (Å²) in [5, 5.41) is 4.98. The molecule has 2 heterocycles. The van der Waals surface area contributed by atoms with Crippen LogP contribution in [0.4, 0.5) is 0 Å². The monoisotopic (exact) mass is 264 g/mol. The molecule has 2 rings (SSSR count). The number of imide groups is 1. The molecule has 104 valence electrons. The van der Waals surface area contributed by atoms with Gasteiger partial charge in [-0.15, -0.1) is 6.58 Å². The first-order valence-electron chi connectivity index (χ1n) is 6.54. The summed E-state index contributed by atoms with van der Waals surface area (Å²) in [6, 6.07) is 0. The lowest BCUT2D eigenvalue weighted by atomic mass is 10.0. The van der Waals surface area contributed by atoms with Gasteiger partial charge in [-0.05, 0) is 19.3 Å². The van der Waals surface area contributed by atoms with Gasteiger partial charge in [-0.2, -0.15) is 0 Å². The highest BCUT2D eigenvalue weighted by Gasteiger charge is 2.18. The molecular formula is C14H20N2O3. The standard InChI is InChI=1S/C8H13NO.C6H7NO2/c1-2-7-5-3-4-6-9-8(7)10;1-2-4-3-5(8)7-6(4)9/h2,7H,1,3-6H2,(H,9,10);3H,2H2,1H3,(H,7,8,9). The number of hydrogen-bond acceptors (Lipinski definition) is 3. The number of nitrogens with one attached hydrogen (secondary N) is 2. The highest BCUT2D eigenvalue weighted by Crippen LogP contribution is 2.12. The summed E-state index contributed by atoms with van der Waals surface area (Å²) in [7, 11) is 0. The summed E-state index contributed by atoms with van der Waals surface area (Å²) in [6.07, 6.45) is 6.90. The molecule has 0 aromatic heterocycles. The molecule has 1 fully saturated rings. The summed E-state index contributed by atoms with van der Waals surface area (Å²) < 4.78 is 0. The van der Waals surface area contributed by atoms with Gasteiger partial charge in [0.15, 0.2) is 0 Å². The van der Waals surface area contributed by atoms with Gasteiger partial charge < -0.3 is 5.32 Å². The van der Waals surface area contributed by atoms with Gasteiger partial charge in [-0.25, -0.2) is 0 Å². The first-order chi connectivity index (χ1) is 9.08. The minimum absolute atomic E-state index is 0.0579. The third kappa shape index (κ3) is 4.69. The van der Waals surface area contributed by atoms with E-state index in [1.54, 1.807) is 6.08 Å². The Balaban J connectivity index is 0.000000191. The van der Waals surface area contributed by atoms with Crippen LogP contribution < -0.4 is 10.6 Å². The molecule has 2 N–H and O–H groups in total. The van der Waals surface area contributed by atoms with Crippen LogP contribution in [0, 0.1) is 5.92 Å². The van der Waals surface area contributed by atoms with Gasteiger partial charge in [-0.1, -0.05) is 19.4 Å². The van der Waals surface area contributed by atoms with E-state index in [0.717, 1.165) is 25.8 Å². The van der Waals surface area contributed by atoms with Crippen molar-refractivity contribution < 1.29 is 14.4 Å². The first-order valence-corrected chi connectivity index (χ1v) is 6.54. The maximum absolute atomic E-state index is 11.1. The van der Waals surface area contributed by atoms with E-state index in [9.17, 15) is 14.4 Å². The summed E-state index contributed by atoms with van der Waals surface area (Å²) in [5.41, 5.74) is 0.569. The lowest BCUT2D eigenvalue weighted by Crippen LogP contribution is -2.27. The van der Waals surface area contributed by atoms with E-state index in [1.807, 2.05) is 6.92 Å². The normalized spacial score (nSPS) is 22.5. The minimum atomic E-state index is -0.295. The smallest absolute Gasteiger partial charge is 0.254 e. The third-order valence-corrected chi connectivity index (χ3v) is 3.08. The molecule has 0 saturated carbocycles. The molecule has 2 aliphatic rings. The SMILES string of the molecule is C=CC1CCCCNC1=O.CCC1=CC(=O)NC1=O. The van der Waals surface area contributed by atoms with Gasteiger partial charge in [0.05, 0.1) is 5.92 Å². The van der Waals surface area contributed by atoms with Gasteiger partial charge >= 0.3 is 0 Å². The van der Waals surface area contributed by atoms with E-state index < -0.39 is 0 Å². The molecule has 3 amide bonds. The van der Waals surface area contributed by atoms with Crippen LogP contribution in [0.25, 0.3) is 0 Å². The van der Waals surface area contributed by atoms with E-state index in [2.05, 4.69) is 17.2 Å². The highest BCUT2D eigenvalue weighted by atomic mass is 16.2. The zero-order valence-corrected chi connectivity index (χ0v) is 11.2. The van der Waals surface area contributed by atoms with Crippen molar-refractivity contribution in [1.82, 2.24) is 10.6 Å². The Bertz CT molecular complexity index is 413. The molecule has 0 aliphatic carbocycles. The van der Waals surface area contributed by atoms with Gasteiger partial charge in [0.1, 0.15) is 0 Å². The Morgan fingerprint density at radius 1 is 1.37 bits per heavy atom. The molecule has 0 spiro atoms. The van der Waals surface area contributed by atoms with Crippen LogP contribution in [0.3, 0.4) is 0 Å². The Hall–Kier alpha value is -1.91. The quantitative estimate of drug-likeness (QED) is 0.578. The van der Waals surface area contributed by atoms with Gasteiger partial charge in [0, 0.05) is 18.2 Å². The molecule has 0 radical (unpaired) electrons. The van der Waals surface area contributed by atoms with Crippen LogP contribution in [0.2, 0.25) is 0 Å². The molecule has 0 bridgehead atoms. The number of amides is 3. The van der Waals surface area contributed by atoms with Gasteiger partial charge in [0.25, 0.3) is 11.8 Å². The number of hydrogen-bond donors (Lipinski definition) is 2. The predicted molar refractivity (Wildman–Crippen MR) is 72.1 cm³/mol. The summed E-state index contributed by atoms with van der Waals surface area (Å²) in [4.78, 5) is 32.1. The second-order valence-corrected chi connectivity index (χ2v) is 4.47. The molecule has 2 aliphatic heterocycles. The molecule has 5 heteroatoms. The first kappa shape index (κ1) is 15.1. The minimum Gasteiger partial charge on any atom is -0.356 e. The van der Waals surface area contributed by atoms with Crippen LogP contribution in [-0.2, 0) is 14.4 Å². The van der Waals surface area contributed by atoms with Crippen molar-refractivity contribution >= 4 is 17.7 Å². The Morgan fingerprint density at radius 3 is 2.58 bits per heavy atom. The number of carbonyl (C=O) groups excluding carboxylic acids is 3. The number of carbonyl (C=O) groups is 3. The van der Waals surface area contributed by atoms with E-state index in [0.29, 0.717) is 12.0 Å². The Labute approximate surface area is 113 Å². The van der Waals surface area contributed by atoms with Crippen molar-refractivity contribution in [3.05, 3.63) is 24.3 Å². The average Bonchev–Trinajstić information content (AvgIpc) is 2.59. The van der Waals surface area contributed by atoms with Crippen molar-refractivity contribution in [3.8, 4) is 0 Å². The maximum atomic E-state index is 11.1. The zero-order valence-electron chi connectivity index (χ0n) is 11.2. The second kappa shape index (κ2) is 7.51. The molecule has 1 saturated heterocycles. The van der Waals surface area contributed by atoms with Crippen molar-refractivity contribution in [1.29, 1.82) is 0 Å². The fourth-order valence-electron chi connectivity index (χ4n) is 1.90. The largest absolute Gasteiger partial charge is 0.356 e.